The van der Waals surface area contributed by atoms with E-state index >= 15 is 0 Å². The van der Waals surface area contributed by atoms with Crippen LogP contribution in [0.25, 0.3) is 0 Å². The number of nitrogens with zero attached hydrogens (tertiary/aromatic N) is 2. The van der Waals surface area contributed by atoms with Crippen molar-refractivity contribution < 1.29 is 9.59 Å². The molecule has 0 unspecified atom stereocenters. The minimum atomic E-state index is -0.101. The number of amides is 2. The van der Waals surface area contributed by atoms with Crippen LogP contribution in [0.4, 0.5) is 11.4 Å². The summed E-state index contributed by atoms with van der Waals surface area (Å²) < 4.78 is 2.03. The second kappa shape index (κ2) is 8.96. The van der Waals surface area contributed by atoms with Crippen LogP contribution in [0.5, 0.6) is 0 Å². The monoisotopic (exact) mass is 455 g/mol. The first kappa shape index (κ1) is 21.0. The first-order valence-electron chi connectivity index (χ1n) is 10.8. The normalized spacial score (nSPS) is 12.5. The Morgan fingerprint density at radius 1 is 0.818 bits per heavy atom. The minimum Gasteiger partial charge on any atom is -0.330 e. The molecule has 2 heterocycles. The van der Waals surface area contributed by atoms with E-state index in [0.717, 1.165) is 22.5 Å². The molecule has 6 heteroatoms. The summed E-state index contributed by atoms with van der Waals surface area (Å²) in [5.41, 5.74) is 5.05. The molecule has 5 nitrogen and oxygen atoms in total. The summed E-state index contributed by atoms with van der Waals surface area (Å²) in [5.74, 6) is -0.199. The maximum absolute atomic E-state index is 13.5. The number of nitrogens with one attached hydrogen (secondary N) is 1. The standard InChI is InChI=1S/C27H22ClN3O2/c28-25-15-14-23-18-31(24-9-5-4-8-21(24)17-30(23)25)27(33)20-10-12-22(13-11-20)29-26(32)16-19-6-2-1-3-7-19/h1-15H,16-18H2,(H,29,32). The maximum atomic E-state index is 13.5. The molecule has 5 rings (SSSR count). The van der Waals surface area contributed by atoms with E-state index in [1.807, 2.05) is 71.3 Å². The Hall–Kier alpha value is -3.83. The number of hydrogen-bond acceptors (Lipinski definition) is 2. The van der Waals surface area contributed by atoms with Crippen LogP contribution in [0.2, 0.25) is 5.15 Å². The molecule has 1 aromatic heterocycles. The Balaban J connectivity index is 1.35. The van der Waals surface area contributed by atoms with Crippen LogP contribution in [0, 0.1) is 0 Å². The van der Waals surface area contributed by atoms with Gasteiger partial charge in [0.2, 0.25) is 5.91 Å². The molecule has 0 spiro atoms. The molecule has 33 heavy (non-hydrogen) atoms. The van der Waals surface area contributed by atoms with Gasteiger partial charge in [-0.2, -0.15) is 0 Å². The molecule has 1 aliphatic rings. The Labute approximate surface area is 197 Å². The molecular formula is C27H22ClN3O2. The van der Waals surface area contributed by atoms with E-state index in [1.54, 1.807) is 29.2 Å². The van der Waals surface area contributed by atoms with Crippen molar-refractivity contribution in [3.05, 3.63) is 119 Å². The number of rotatable bonds is 4. The van der Waals surface area contributed by atoms with Crippen molar-refractivity contribution in [2.75, 3.05) is 10.2 Å². The van der Waals surface area contributed by atoms with Gasteiger partial charge in [0.15, 0.2) is 0 Å². The smallest absolute Gasteiger partial charge is 0.258 e. The highest BCUT2D eigenvalue weighted by atomic mass is 35.5. The van der Waals surface area contributed by atoms with Crippen LogP contribution >= 0.6 is 11.6 Å². The number of carbonyl (C=O) groups excluding carboxylic acids is 2. The largest absolute Gasteiger partial charge is 0.330 e. The molecule has 0 aliphatic carbocycles. The third kappa shape index (κ3) is 4.41. The van der Waals surface area contributed by atoms with Gasteiger partial charge in [-0.15, -0.1) is 0 Å². The summed E-state index contributed by atoms with van der Waals surface area (Å²) in [6, 6.07) is 28.3. The van der Waals surface area contributed by atoms with Crippen molar-refractivity contribution in [1.29, 1.82) is 0 Å². The third-order valence-electron chi connectivity index (χ3n) is 5.82. The lowest BCUT2D eigenvalue weighted by Gasteiger charge is -2.23. The van der Waals surface area contributed by atoms with Crippen molar-refractivity contribution in [3.8, 4) is 0 Å². The number of aromatic nitrogens is 1. The molecule has 1 aliphatic heterocycles. The highest BCUT2D eigenvalue weighted by Crippen LogP contribution is 2.31. The fraction of sp³-hybridized carbons (Fsp3) is 0.111. The van der Waals surface area contributed by atoms with E-state index in [2.05, 4.69) is 5.32 Å². The van der Waals surface area contributed by atoms with Gasteiger partial charge in [-0.1, -0.05) is 60.1 Å². The Bertz CT molecular complexity index is 1310. The highest BCUT2D eigenvalue weighted by Gasteiger charge is 2.25. The van der Waals surface area contributed by atoms with Gasteiger partial charge in [0, 0.05) is 22.6 Å². The van der Waals surface area contributed by atoms with E-state index in [4.69, 9.17) is 11.6 Å². The van der Waals surface area contributed by atoms with Gasteiger partial charge >= 0.3 is 0 Å². The van der Waals surface area contributed by atoms with Crippen LogP contribution in [0.3, 0.4) is 0 Å². The molecule has 0 bridgehead atoms. The summed E-state index contributed by atoms with van der Waals surface area (Å²) >= 11 is 6.38. The fourth-order valence-corrected chi connectivity index (χ4v) is 4.37. The van der Waals surface area contributed by atoms with Gasteiger partial charge in [-0.3, -0.25) is 9.59 Å². The number of fused-ring (bicyclic) bond motifs is 2. The van der Waals surface area contributed by atoms with E-state index in [9.17, 15) is 9.59 Å². The lowest BCUT2D eigenvalue weighted by atomic mass is 10.1. The van der Waals surface area contributed by atoms with Gasteiger partial charge in [0.05, 0.1) is 19.5 Å². The summed E-state index contributed by atoms with van der Waals surface area (Å²) in [7, 11) is 0. The first-order valence-corrected chi connectivity index (χ1v) is 11.1. The molecule has 0 saturated carbocycles. The van der Waals surface area contributed by atoms with Crippen molar-refractivity contribution in [2.45, 2.75) is 19.5 Å². The summed E-state index contributed by atoms with van der Waals surface area (Å²) in [5, 5.41) is 3.55. The van der Waals surface area contributed by atoms with Gasteiger partial charge < -0.3 is 14.8 Å². The zero-order chi connectivity index (χ0) is 22.8. The number of anilines is 2. The van der Waals surface area contributed by atoms with Crippen molar-refractivity contribution in [1.82, 2.24) is 4.57 Å². The number of hydrogen-bond donors (Lipinski definition) is 1. The molecular weight excluding hydrogens is 434 g/mol. The van der Waals surface area contributed by atoms with Crippen molar-refractivity contribution >= 4 is 34.8 Å². The van der Waals surface area contributed by atoms with Crippen LogP contribution in [0.1, 0.15) is 27.2 Å². The van der Waals surface area contributed by atoms with Gasteiger partial charge in [0.25, 0.3) is 5.91 Å². The zero-order valence-corrected chi connectivity index (χ0v) is 18.6. The van der Waals surface area contributed by atoms with Gasteiger partial charge in [-0.05, 0) is 53.6 Å². The molecule has 0 radical (unpaired) electrons. The lowest BCUT2D eigenvalue weighted by molar-refractivity contribution is -0.115. The molecule has 3 aromatic carbocycles. The second-order valence-corrected chi connectivity index (χ2v) is 8.43. The Kier molecular flexibility index (Phi) is 5.71. The Morgan fingerprint density at radius 2 is 1.55 bits per heavy atom. The summed E-state index contributed by atoms with van der Waals surface area (Å²) in [6.45, 7) is 1.05. The maximum Gasteiger partial charge on any atom is 0.258 e. The topological polar surface area (TPSA) is 54.3 Å². The average molecular weight is 456 g/mol. The van der Waals surface area contributed by atoms with E-state index < -0.39 is 0 Å². The summed E-state index contributed by atoms with van der Waals surface area (Å²) in [4.78, 5) is 27.6. The third-order valence-corrected chi connectivity index (χ3v) is 6.15. The SMILES string of the molecule is O=C(Cc1ccccc1)Nc1ccc(C(=O)N2Cc3ccc(Cl)n3Cc3ccccc32)cc1. The van der Waals surface area contributed by atoms with Crippen LogP contribution in [-0.2, 0) is 24.3 Å². The van der Waals surface area contributed by atoms with Gasteiger partial charge in [0.1, 0.15) is 5.15 Å². The second-order valence-electron chi connectivity index (χ2n) is 8.04. The molecule has 164 valence electrons. The first-order chi connectivity index (χ1) is 16.1. The fourth-order valence-electron chi connectivity index (χ4n) is 4.14. The highest BCUT2D eigenvalue weighted by molar-refractivity contribution is 6.29. The molecule has 4 aromatic rings. The zero-order valence-electron chi connectivity index (χ0n) is 17.9. The molecule has 0 atom stereocenters. The van der Waals surface area contributed by atoms with Crippen LogP contribution in [0.15, 0.2) is 91.0 Å². The number of carbonyl (C=O) groups is 2. The Morgan fingerprint density at radius 3 is 2.33 bits per heavy atom. The lowest BCUT2D eigenvalue weighted by Crippen LogP contribution is -2.30. The molecule has 1 N–H and O–H groups in total. The number of halogens is 1. The van der Waals surface area contributed by atoms with Gasteiger partial charge in [-0.25, -0.2) is 0 Å². The van der Waals surface area contributed by atoms with Crippen LogP contribution < -0.4 is 10.2 Å². The van der Waals surface area contributed by atoms with Crippen molar-refractivity contribution in [2.24, 2.45) is 0 Å². The van der Waals surface area contributed by atoms with Crippen LogP contribution in [-0.4, -0.2) is 16.4 Å². The van der Waals surface area contributed by atoms with E-state index in [1.165, 1.54) is 0 Å². The molecule has 0 saturated heterocycles. The van der Waals surface area contributed by atoms with E-state index in [-0.39, 0.29) is 11.8 Å². The molecule has 0 fully saturated rings. The average Bonchev–Trinajstić information content (AvgIpc) is 3.08. The predicted octanol–water partition coefficient (Wildman–Crippen LogP) is 5.53. The number of benzene rings is 3. The molecule has 2 amide bonds. The summed E-state index contributed by atoms with van der Waals surface area (Å²) in [6.07, 6.45) is 0.300. The van der Waals surface area contributed by atoms with Crippen molar-refractivity contribution in [3.63, 3.8) is 0 Å². The predicted molar refractivity (Wildman–Crippen MR) is 131 cm³/mol. The minimum absolute atomic E-state index is 0.0978. The quantitative estimate of drug-likeness (QED) is 0.439. The number of para-hydroxylation sites is 1. The van der Waals surface area contributed by atoms with E-state index in [0.29, 0.717) is 35.9 Å².